The zero-order valence-electron chi connectivity index (χ0n) is 15.4. The summed E-state index contributed by atoms with van der Waals surface area (Å²) in [7, 11) is 0. The predicted molar refractivity (Wildman–Crippen MR) is 108 cm³/mol. The van der Waals surface area contributed by atoms with Gasteiger partial charge in [-0.2, -0.15) is 8.78 Å². The molecule has 3 rings (SSSR count). The Morgan fingerprint density at radius 2 is 1.75 bits per heavy atom. The fraction of sp³-hybridized carbons (Fsp3) is 0.350. The standard InChI is InChI=1S/C20H23F2N3O2S/c21-19(22)27-17-8-6-16(7-9-17)23-20(28)24-18(15-4-2-1-3-5-15)14-25-10-12-26-13-11-25/h1-9,18-19H,10-14H2,(H2,23,24,28)/p+1/t18-/m1/s1. The van der Waals surface area contributed by atoms with Crippen LogP contribution in [0.5, 0.6) is 5.75 Å². The largest absolute Gasteiger partial charge is 0.435 e. The number of ether oxygens (including phenoxy) is 2. The van der Waals surface area contributed by atoms with Gasteiger partial charge in [-0.15, -0.1) is 0 Å². The fourth-order valence-corrected chi connectivity index (χ4v) is 3.40. The van der Waals surface area contributed by atoms with E-state index < -0.39 is 6.61 Å². The molecular weight excluding hydrogens is 384 g/mol. The first-order chi connectivity index (χ1) is 13.6. The van der Waals surface area contributed by atoms with E-state index in [0.717, 1.165) is 38.4 Å². The summed E-state index contributed by atoms with van der Waals surface area (Å²) in [6.07, 6.45) is 0. The number of anilines is 1. The Hall–Kier alpha value is -2.29. The lowest BCUT2D eigenvalue weighted by Gasteiger charge is -2.29. The Bertz CT molecular complexity index is 741. The van der Waals surface area contributed by atoms with Crippen LogP contribution in [0.2, 0.25) is 0 Å². The molecule has 1 fully saturated rings. The summed E-state index contributed by atoms with van der Waals surface area (Å²) < 4.78 is 34.3. The maximum Gasteiger partial charge on any atom is 0.387 e. The number of quaternary nitrogens is 1. The Morgan fingerprint density at radius 3 is 2.39 bits per heavy atom. The number of nitrogens with one attached hydrogen (secondary N) is 3. The van der Waals surface area contributed by atoms with Gasteiger partial charge >= 0.3 is 6.61 Å². The molecule has 1 heterocycles. The van der Waals surface area contributed by atoms with Crippen molar-refractivity contribution in [3.8, 4) is 5.75 Å². The van der Waals surface area contributed by atoms with Crippen LogP contribution in [0.4, 0.5) is 14.5 Å². The van der Waals surface area contributed by atoms with Gasteiger partial charge in [0.25, 0.3) is 0 Å². The van der Waals surface area contributed by atoms with E-state index in [4.69, 9.17) is 17.0 Å². The van der Waals surface area contributed by atoms with Crippen LogP contribution in [0.3, 0.4) is 0 Å². The first-order valence-electron chi connectivity index (χ1n) is 9.19. The molecule has 0 radical (unpaired) electrons. The lowest BCUT2D eigenvalue weighted by Crippen LogP contribution is -3.14. The van der Waals surface area contributed by atoms with Crippen LogP contribution in [0.1, 0.15) is 11.6 Å². The van der Waals surface area contributed by atoms with Gasteiger partial charge in [0.2, 0.25) is 0 Å². The van der Waals surface area contributed by atoms with E-state index in [2.05, 4.69) is 27.5 Å². The summed E-state index contributed by atoms with van der Waals surface area (Å²) in [6.45, 7) is 1.53. The number of thiocarbonyl (C=S) groups is 1. The summed E-state index contributed by atoms with van der Waals surface area (Å²) in [6, 6.07) is 16.5. The third-order valence-corrected chi connectivity index (χ3v) is 4.76. The molecule has 0 spiro atoms. The van der Waals surface area contributed by atoms with Crippen molar-refractivity contribution in [2.45, 2.75) is 12.7 Å². The van der Waals surface area contributed by atoms with Crippen LogP contribution >= 0.6 is 12.2 Å². The molecule has 150 valence electrons. The highest BCUT2D eigenvalue weighted by Gasteiger charge is 2.22. The van der Waals surface area contributed by atoms with E-state index in [0.29, 0.717) is 10.8 Å². The average Bonchev–Trinajstić information content (AvgIpc) is 2.70. The van der Waals surface area contributed by atoms with E-state index in [1.807, 2.05) is 18.2 Å². The molecule has 1 aliphatic rings. The highest BCUT2D eigenvalue weighted by atomic mass is 32.1. The van der Waals surface area contributed by atoms with E-state index in [9.17, 15) is 8.78 Å². The van der Waals surface area contributed by atoms with Gasteiger partial charge in [0.1, 0.15) is 31.4 Å². The molecule has 2 aromatic rings. The molecule has 5 nitrogen and oxygen atoms in total. The molecule has 0 aromatic heterocycles. The molecule has 3 N–H and O–H groups in total. The number of morpholine rings is 1. The third-order valence-electron chi connectivity index (χ3n) is 4.54. The second kappa shape index (κ2) is 10.3. The monoisotopic (exact) mass is 408 g/mol. The van der Waals surface area contributed by atoms with Crippen LogP contribution in [-0.4, -0.2) is 44.6 Å². The number of hydrogen-bond donors (Lipinski definition) is 3. The zero-order valence-corrected chi connectivity index (χ0v) is 16.2. The fourth-order valence-electron chi connectivity index (χ4n) is 3.14. The Labute approximate surface area is 168 Å². The third kappa shape index (κ3) is 6.40. The van der Waals surface area contributed by atoms with Gasteiger partial charge in [-0.1, -0.05) is 30.3 Å². The molecule has 0 aliphatic carbocycles. The van der Waals surface area contributed by atoms with Crippen LogP contribution in [0.25, 0.3) is 0 Å². The maximum atomic E-state index is 12.2. The first-order valence-corrected chi connectivity index (χ1v) is 9.59. The minimum Gasteiger partial charge on any atom is -0.435 e. The molecule has 2 aromatic carbocycles. The second-order valence-corrected chi connectivity index (χ2v) is 6.94. The van der Waals surface area contributed by atoms with Crippen molar-refractivity contribution >= 4 is 23.0 Å². The van der Waals surface area contributed by atoms with Gasteiger partial charge in [0, 0.05) is 5.69 Å². The Kier molecular flexibility index (Phi) is 7.53. The van der Waals surface area contributed by atoms with Crippen molar-refractivity contribution in [3.63, 3.8) is 0 Å². The Balaban J connectivity index is 1.61. The van der Waals surface area contributed by atoms with Gasteiger partial charge in [-0.3, -0.25) is 0 Å². The lowest BCUT2D eigenvalue weighted by molar-refractivity contribution is -0.909. The van der Waals surface area contributed by atoms with Gasteiger partial charge in [0.05, 0.1) is 13.2 Å². The molecule has 0 unspecified atom stereocenters. The minimum atomic E-state index is -2.84. The topological polar surface area (TPSA) is 47.0 Å². The van der Waals surface area contributed by atoms with Gasteiger partial charge in [-0.05, 0) is 42.0 Å². The van der Waals surface area contributed by atoms with Crippen LogP contribution in [0, 0.1) is 0 Å². The van der Waals surface area contributed by atoms with Crippen molar-refractivity contribution in [1.82, 2.24) is 5.32 Å². The van der Waals surface area contributed by atoms with E-state index in [1.165, 1.54) is 17.0 Å². The van der Waals surface area contributed by atoms with Crippen molar-refractivity contribution in [2.24, 2.45) is 0 Å². The van der Waals surface area contributed by atoms with E-state index in [-0.39, 0.29) is 11.8 Å². The van der Waals surface area contributed by atoms with E-state index in [1.54, 1.807) is 12.1 Å². The SMILES string of the molecule is FC(F)Oc1ccc(NC(=S)N[C@H](C[NH+]2CCOCC2)c2ccccc2)cc1. The summed E-state index contributed by atoms with van der Waals surface area (Å²) in [4.78, 5) is 1.46. The lowest BCUT2D eigenvalue weighted by atomic mass is 10.1. The summed E-state index contributed by atoms with van der Waals surface area (Å²) in [5.41, 5.74) is 1.86. The molecule has 0 saturated carbocycles. The molecule has 8 heteroatoms. The van der Waals surface area contributed by atoms with Gasteiger partial charge in [0.15, 0.2) is 5.11 Å². The second-order valence-electron chi connectivity index (χ2n) is 6.53. The molecule has 1 atom stereocenters. The number of rotatable bonds is 7. The van der Waals surface area contributed by atoms with Crippen molar-refractivity contribution in [2.75, 3.05) is 38.2 Å². The van der Waals surface area contributed by atoms with Crippen molar-refractivity contribution in [3.05, 3.63) is 60.2 Å². The molecule has 0 bridgehead atoms. The quantitative estimate of drug-likeness (QED) is 0.614. The number of hydrogen-bond acceptors (Lipinski definition) is 3. The molecule has 1 aliphatic heterocycles. The molecule has 1 saturated heterocycles. The van der Waals surface area contributed by atoms with Crippen molar-refractivity contribution in [1.29, 1.82) is 0 Å². The summed E-state index contributed by atoms with van der Waals surface area (Å²) in [5, 5.41) is 6.96. The van der Waals surface area contributed by atoms with Crippen LogP contribution in [-0.2, 0) is 4.74 Å². The number of benzene rings is 2. The highest BCUT2D eigenvalue weighted by Crippen LogP contribution is 2.18. The summed E-state index contributed by atoms with van der Waals surface area (Å²) in [5.74, 6) is 0.109. The zero-order chi connectivity index (χ0) is 19.8. The Morgan fingerprint density at radius 1 is 1.07 bits per heavy atom. The smallest absolute Gasteiger partial charge is 0.387 e. The number of halogens is 2. The minimum absolute atomic E-state index is 0.0516. The number of alkyl halides is 2. The molecule has 0 amide bonds. The first kappa shape index (κ1) is 20.4. The molecular formula is C20H24F2N3O2S+. The van der Waals surface area contributed by atoms with Gasteiger partial charge < -0.3 is 25.0 Å². The summed E-state index contributed by atoms with van der Waals surface area (Å²) >= 11 is 5.48. The highest BCUT2D eigenvalue weighted by molar-refractivity contribution is 7.80. The normalized spacial score (nSPS) is 15.8. The average molecular weight is 408 g/mol. The van der Waals surface area contributed by atoms with E-state index >= 15 is 0 Å². The maximum absolute atomic E-state index is 12.2. The predicted octanol–water partition coefficient (Wildman–Crippen LogP) is 2.23. The van der Waals surface area contributed by atoms with Gasteiger partial charge in [-0.25, -0.2) is 0 Å². The molecule has 28 heavy (non-hydrogen) atoms. The van der Waals surface area contributed by atoms with Crippen LogP contribution < -0.4 is 20.3 Å². The van der Waals surface area contributed by atoms with Crippen molar-refractivity contribution < 1.29 is 23.2 Å². The van der Waals surface area contributed by atoms with Crippen LogP contribution in [0.15, 0.2) is 54.6 Å².